The van der Waals surface area contributed by atoms with Gasteiger partial charge in [-0.2, -0.15) is 0 Å². The molecule has 7 heteroatoms. The third kappa shape index (κ3) is 3.93. The van der Waals surface area contributed by atoms with Crippen LogP contribution in [0.3, 0.4) is 0 Å². The summed E-state index contributed by atoms with van der Waals surface area (Å²) in [6.07, 6.45) is 5.01. The molecule has 0 spiro atoms. The molecule has 1 aliphatic rings. The number of sulfonamides is 1. The summed E-state index contributed by atoms with van der Waals surface area (Å²) in [4.78, 5) is 18.6. The molecule has 0 N–H and O–H groups in total. The third-order valence-corrected chi connectivity index (χ3v) is 7.04. The summed E-state index contributed by atoms with van der Waals surface area (Å²) in [7, 11) is -2.07. The standard InChI is InChI=1S/C23H23N3O3S/c1-25(17-18-7-5-13-24-16-18)23(27)20-9-4-11-21(15-20)30(28,29)26-14-6-10-19-8-2-3-12-22(19)26/h2-5,7-9,11-13,15-16H,6,10,14,17H2,1H3. The normalized spacial score (nSPS) is 13.6. The van der Waals surface area contributed by atoms with E-state index in [1.807, 2.05) is 36.4 Å². The van der Waals surface area contributed by atoms with E-state index in [1.165, 1.54) is 10.4 Å². The quantitative estimate of drug-likeness (QED) is 0.632. The van der Waals surface area contributed by atoms with E-state index >= 15 is 0 Å². The van der Waals surface area contributed by atoms with E-state index in [0.29, 0.717) is 24.3 Å². The van der Waals surface area contributed by atoms with E-state index < -0.39 is 10.0 Å². The molecule has 30 heavy (non-hydrogen) atoms. The molecule has 4 rings (SSSR count). The molecule has 2 aromatic carbocycles. The summed E-state index contributed by atoms with van der Waals surface area (Å²) < 4.78 is 28.2. The fourth-order valence-electron chi connectivity index (χ4n) is 3.72. The zero-order valence-corrected chi connectivity index (χ0v) is 17.5. The first-order chi connectivity index (χ1) is 14.5. The van der Waals surface area contributed by atoms with Crippen LogP contribution in [0.25, 0.3) is 0 Å². The highest BCUT2D eigenvalue weighted by molar-refractivity contribution is 7.92. The van der Waals surface area contributed by atoms with Gasteiger partial charge in [-0.05, 0) is 54.3 Å². The topological polar surface area (TPSA) is 70.6 Å². The number of amides is 1. The fraction of sp³-hybridized carbons (Fsp3) is 0.217. The van der Waals surface area contributed by atoms with Crippen LogP contribution < -0.4 is 4.31 Å². The van der Waals surface area contributed by atoms with Crippen molar-refractivity contribution in [1.29, 1.82) is 0 Å². The number of anilines is 1. The summed E-state index contributed by atoms with van der Waals surface area (Å²) >= 11 is 0. The van der Waals surface area contributed by atoms with E-state index in [4.69, 9.17) is 0 Å². The summed E-state index contributed by atoms with van der Waals surface area (Å²) in [6.45, 7) is 0.821. The molecule has 0 saturated carbocycles. The summed E-state index contributed by atoms with van der Waals surface area (Å²) in [6, 6.07) is 17.6. The second-order valence-corrected chi connectivity index (χ2v) is 9.22. The number of fused-ring (bicyclic) bond motifs is 1. The van der Waals surface area contributed by atoms with Gasteiger partial charge in [-0.3, -0.25) is 14.1 Å². The van der Waals surface area contributed by atoms with Crippen molar-refractivity contribution in [3.63, 3.8) is 0 Å². The van der Waals surface area contributed by atoms with Crippen LogP contribution in [0.5, 0.6) is 0 Å². The van der Waals surface area contributed by atoms with Crippen LogP contribution in [0.4, 0.5) is 5.69 Å². The zero-order chi connectivity index (χ0) is 21.1. The molecule has 0 aliphatic carbocycles. The van der Waals surface area contributed by atoms with Crippen molar-refractivity contribution in [3.8, 4) is 0 Å². The van der Waals surface area contributed by atoms with Crippen molar-refractivity contribution in [2.75, 3.05) is 17.9 Å². The Hall–Kier alpha value is -3.19. The first-order valence-corrected chi connectivity index (χ1v) is 11.3. The van der Waals surface area contributed by atoms with Crippen LogP contribution in [0.2, 0.25) is 0 Å². The lowest BCUT2D eigenvalue weighted by Crippen LogP contribution is -2.35. The molecule has 1 amide bonds. The minimum atomic E-state index is -3.76. The molecular formula is C23H23N3O3S. The Morgan fingerprint density at radius 1 is 1.10 bits per heavy atom. The van der Waals surface area contributed by atoms with E-state index in [9.17, 15) is 13.2 Å². The highest BCUT2D eigenvalue weighted by atomic mass is 32.2. The van der Waals surface area contributed by atoms with Gasteiger partial charge in [0.2, 0.25) is 0 Å². The molecule has 3 aromatic rings. The highest BCUT2D eigenvalue weighted by Crippen LogP contribution is 2.32. The first kappa shape index (κ1) is 20.1. The molecule has 0 unspecified atom stereocenters. The van der Waals surface area contributed by atoms with Crippen LogP contribution in [0, 0.1) is 0 Å². The van der Waals surface area contributed by atoms with Gasteiger partial charge in [0.15, 0.2) is 0 Å². The summed E-state index contributed by atoms with van der Waals surface area (Å²) in [5, 5.41) is 0. The average molecular weight is 422 g/mol. The molecule has 154 valence electrons. The number of aromatic nitrogens is 1. The number of hydrogen-bond donors (Lipinski definition) is 0. The lowest BCUT2D eigenvalue weighted by molar-refractivity contribution is 0.0784. The smallest absolute Gasteiger partial charge is 0.264 e. The van der Waals surface area contributed by atoms with Crippen LogP contribution in [0.1, 0.15) is 27.9 Å². The van der Waals surface area contributed by atoms with Gasteiger partial charge in [-0.1, -0.05) is 30.3 Å². The Bertz CT molecular complexity index is 1160. The fourth-order valence-corrected chi connectivity index (χ4v) is 5.31. The van der Waals surface area contributed by atoms with E-state index in [1.54, 1.807) is 42.5 Å². The summed E-state index contributed by atoms with van der Waals surface area (Å²) in [5.74, 6) is -0.241. The molecular weight excluding hydrogens is 398 g/mol. The van der Waals surface area contributed by atoms with Crippen molar-refractivity contribution in [3.05, 3.63) is 89.7 Å². The predicted octanol–water partition coefficient (Wildman–Crippen LogP) is 3.50. The van der Waals surface area contributed by atoms with Gasteiger partial charge in [0.05, 0.1) is 10.6 Å². The lowest BCUT2D eigenvalue weighted by Gasteiger charge is -2.30. The maximum absolute atomic E-state index is 13.4. The largest absolute Gasteiger partial charge is 0.337 e. The molecule has 1 aliphatic heterocycles. The van der Waals surface area contributed by atoms with Gasteiger partial charge in [-0.25, -0.2) is 8.42 Å². The highest BCUT2D eigenvalue weighted by Gasteiger charge is 2.29. The molecule has 0 atom stereocenters. The van der Waals surface area contributed by atoms with Gasteiger partial charge < -0.3 is 4.90 Å². The monoisotopic (exact) mass is 421 g/mol. The van der Waals surface area contributed by atoms with E-state index in [2.05, 4.69) is 4.98 Å². The van der Waals surface area contributed by atoms with Crippen LogP contribution >= 0.6 is 0 Å². The minimum absolute atomic E-state index is 0.125. The molecule has 2 heterocycles. The SMILES string of the molecule is CN(Cc1cccnc1)C(=O)c1cccc(S(=O)(=O)N2CCCc3ccccc32)c1. The third-order valence-electron chi connectivity index (χ3n) is 5.23. The first-order valence-electron chi connectivity index (χ1n) is 9.82. The second kappa shape index (κ2) is 8.28. The second-order valence-electron chi connectivity index (χ2n) is 7.36. The van der Waals surface area contributed by atoms with Gasteiger partial charge in [0, 0.05) is 38.1 Å². The maximum Gasteiger partial charge on any atom is 0.264 e. The number of aryl methyl sites for hydroxylation is 1. The lowest BCUT2D eigenvalue weighted by atomic mass is 10.0. The van der Waals surface area contributed by atoms with E-state index in [0.717, 1.165) is 24.0 Å². The van der Waals surface area contributed by atoms with Gasteiger partial charge in [0.25, 0.3) is 15.9 Å². The van der Waals surface area contributed by atoms with Crippen molar-refractivity contribution in [1.82, 2.24) is 9.88 Å². The Kier molecular flexibility index (Phi) is 5.55. The average Bonchev–Trinajstić information content (AvgIpc) is 2.79. The number of nitrogens with zero attached hydrogens (tertiary/aromatic N) is 3. The number of para-hydroxylation sites is 1. The molecule has 0 radical (unpaired) electrons. The van der Waals surface area contributed by atoms with Gasteiger partial charge in [-0.15, -0.1) is 0 Å². The molecule has 1 aromatic heterocycles. The zero-order valence-electron chi connectivity index (χ0n) is 16.7. The number of rotatable bonds is 5. The van der Waals surface area contributed by atoms with Gasteiger partial charge in [0.1, 0.15) is 0 Å². The van der Waals surface area contributed by atoms with Crippen molar-refractivity contribution in [2.45, 2.75) is 24.3 Å². The molecule has 0 fully saturated rings. The Labute approximate surface area is 176 Å². The van der Waals surface area contributed by atoms with Crippen LogP contribution in [0.15, 0.2) is 78.0 Å². The molecule has 0 bridgehead atoms. The number of carbonyl (C=O) groups excluding carboxylic acids is 1. The number of pyridine rings is 1. The van der Waals surface area contributed by atoms with Crippen molar-refractivity contribution in [2.24, 2.45) is 0 Å². The molecule has 0 saturated heterocycles. The van der Waals surface area contributed by atoms with Gasteiger partial charge >= 0.3 is 0 Å². The van der Waals surface area contributed by atoms with E-state index in [-0.39, 0.29) is 10.8 Å². The minimum Gasteiger partial charge on any atom is -0.337 e. The predicted molar refractivity (Wildman–Crippen MR) is 116 cm³/mol. The molecule has 6 nitrogen and oxygen atoms in total. The van der Waals surface area contributed by atoms with Crippen LogP contribution in [-0.2, 0) is 23.0 Å². The Morgan fingerprint density at radius 3 is 2.73 bits per heavy atom. The Balaban J connectivity index is 1.61. The number of benzene rings is 2. The number of carbonyl (C=O) groups is 1. The van der Waals surface area contributed by atoms with Crippen LogP contribution in [-0.4, -0.2) is 37.8 Å². The summed E-state index contributed by atoms with van der Waals surface area (Å²) in [5.41, 5.74) is 2.99. The maximum atomic E-state index is 13.4. The van der Waals surface area contributed by atoms with Crippen molar-refractivity contribution < 1.29 is 13.2 Å². The van der Waals surface area contributed by atoms with Crippen molar-refractivity contribution >= 4 is 21.6 Å². The Morgan fingerprint density at radius 2 is 1.93 bits per heavy atom. The number of hydrogen-bond acceptors (Lipinski definition) is 4.